The highest BCUT2D eigenvalue weighted by Crippen LogP contribution is 2.47. The van der Waals surface area contributed by atoms with Gasteiger partial charge in [0.1, 0.15) is 0 Å². The van der Waals surface area contributed by atoms with Crippen LogP contribution in [0.1, 0.15) is 0 Å². The first-order valence-electron chi connectivity index (χ1n) is 47.7. The number of hydrogen-bond donors (Lipinski definition) is 0. The first kappa shape index (κ1) is 85.4. The van der Waals surface area contributed by atoms with Gasteiger partial charge < -0.3 is 38.5 Å². The van der Waals surface area contributed by atoms with Crippen LogP contribution in [0.2, 0.25) is 0 Å². The summed E-state index contributed by atoms with van der Waals surface area (Å²) in [5.41, 5.74) is 36.1. The van der Waals surface area contributed by atoms with Crippen LogP contribution in [0.3, 0.4) is 0 Å². The molecule has 0 atom stereocenters. The summed E-state index contributed by atoms with van der Waals surface area (Å²) in [7, 11) is 0. The summed E-state index contributed by atoms with van der Waals surface area (Å²) in [6.45, 7) is 0. The maximum absolute atomic E-state index is 2.37. The highest BCUT2D eigenvalue weighted by molar-refractivity contribution is 6.12. The lowest BCUT2D eigenvalue weighted by Crippen LogP contribution is -2.12. The lowest BCUT2D eigenvalue weighted by molar-refractivity contribution is 1.18. The molecular formula is C132H96N8. The smallest absolute Gasteiger partial charge is 0.0541 e. The number of para-hydroxylation sites is 12. The third-order valence-electron chi connectivity index (χ3n) is 26.3. The lowest BCUT2D eigenvalue weighted by atomic mass is 10.0. The quantitative estimate of drug-likeness (QED) is 0.0599. The molecule has 0 saturated heterocycles. The van der Waals surface area contributed by atoms with E-state index in [1.165, 1.54) is 60.3 Å². The number of nitrogens with zero attached hydrogens (tertiary/aromatic N) is 8. The van der Waals surface area contributed by atoms with Gasteiger partial charge >= 0.3 is 0 Å². The molecule has 0 fully saturated rings. The van der Waals surface area contributed by atoms with Gasteiger partial charge in [-0.2, -0.15) is 0 Å². The molecule has 24 rings (SSSR count). The van der Waals surface area contributed by atoms with Gasteiger partial charge in [-0.3, -0.25) is 0 Å². The molecule has 0 aliphatic rings. The summed E-state index contributed by atoms with van der Waals surface area (Å²) in [6.07, 6.45) is 0. The molecule has 0 unspecified atom stereocenters. The van der Waals surface area contributed by atoms with E-state index in [0.717, 1.165) is 142 Å². The molecule has 24 aromatic rings. The average molecular weight is 1790 g/mol. The predicted molar refractivity (Wildman–Crippen MR) is 591 cm³/mol. The van der Waals surface area contributed by atoms with E-state index in [1.807, 2.05) is 0 Å². The lowest BCUT2D eigenvalue weighted by Gasteiger charge is -2.28. The summed E-state index contributed by atoms with van der Waals surface area (Å²) in [5.74, 6) is 0. The van der Waals surface area contributed by atoms with Crippen molar-refractivity contribution in [2.45, 2.75) is 0 Å². The fourth-order valence-electron chi connectivity index (χ4n) is 19.6. The van der Waals surface area contributed by atoms with Gasteiger partial charge in [-0.1, -0.05) is 303 Å². The molecule has 22 aromatic carbocycles. The molecule has 8 heteroatoms. The fourth-order valence-corrected chi connectivity index (χ4v) is 19.6. The summed E-state index contributed by atoms with van der Waals surface area (Å²) in [5, 5.41) is 4.98. The number of benzene rings is 22. The Labute approximate surface area is 817 Å². The Hall–Kier alpha value is -18.8. The minimum atomic E-state index is 1.06. The normalized spacial score (nSPS) is 11.1. The van der Waals surface area contributed by atoms with Crippen molar-refractivity contribution >= 4 is 146 Å². The second-order valence-corrected chi connectivity index (χ2v) is 34.9. The minimum absolute atomic E-state index is 1.06. The molecule has 2 aromatic heterocycles. The van der Waals surface area contributed by atoms with Gasteiger partial charge in [0.15, 0.2) is 0 Å². The van der Waals surface area contributed by atoms with Crippen molar-refractivity contribution in [1.82, 2.24) is 9.13 Å². The molecule has 0 amide bonds. The van der Waals surface area contributed by atoms with Gasteiger partial charge in [-0.05, 0) is 324 Å². The second-order valence-electron chi connectivity index (χ2n) is 34.9. The Bertz CT molecular complexity index is 8180. The Morgan fingerprint density at radius 1 is 0.100 bits per heavy atom. The largest absolute Gasteiger partial charge is 0.311 e. The van der Waals surface area contributed by atoms with E-state index in [0.29, 0.717) is 0 Å². The highest BCUT2D eigenvalue weighted by atomic mass is 15.2. The van der Waals surface area contributed by atoms with Gasteiger partial charge in [0.2, 0.25) is 0 Å². The molecule has 0 spiro atoms. The standard InChI is InChI=1S/2C66H48N4/c1-6-18-53(19-7-1)67(54-20-8-2-9-21-54)61-43-45-62(46-44-61)69(56-24-12-4-13-25-56)59-39-32-50(33-40-59)49-30-37-58(38-31-49)68(55-22-10-3-11-23-55)60-41-34-51(35-42-60)52-36-47-66-64(48-52)63-28-16-17-29-65(63)70(66)57-26-14-5-15-27-57;1-6-18-53(19-7-1)67(54-20-8-2-9-21-54)58-37-30-49(31-38-58)50-32-39-59(40-33-50)69(62-45-43-61(44-46-62)68(55-22-10-3-11-23-55)56-24-12-4-13-25-56)60-41-34-51(35-42-60)52-36-47-66-64(48-52)63-28-16-17-29-65(63)70(66)57-26-14-5-15-27-57/h2*1-48H. The van der Waals surface area contributed by atoms with Crippen molar-refractivity contribution in [3.05, 3.63) is 582 Å². The Morgan fingerprint density at radius 3 is 0.429 bits per heavy atom. The van der Waals surface area contributed by atoms with Crippen molar-refractivity contribution in [1.29, 1.82) is 0 Å². The molecule has 0 radical (unpaired) electrons. The van der Waals surface area contributed by atoms with Gasteiger partial charge in [0.05, 0.1) is 22.1 Å². The number of rotatable bonds is 24. The molecule has 140 heavy (non-hydrogen) atoms. The molecule has 664 valence electrons. The fraction of sp³-hybridized carbons (Fsp3) is 0. The average Bonchev–Trinajstić information content (AvgIpc) is 1.59. The van der Waals surface area contributed by atoms with Gasteiger partial charge in [-0.15, -0.1) is 0 Å². The van der Waals surface area contributed by atoms with Gasteiger partial charge in [0.25, 0.3) is 0 Å². The van der Waals surface area contributed by atoms with Crippen LogP contribution in [-0.4, -0.2) is 9.13 Å². The van der Waals surface area contributed by atoms with Crippen molar-refractivity contribution in [2.75, 3.05) is 29.4 Å². The number of hydrogen-bond acceptors (Lipinski definition) is 6. The summed E-state index contributed by atoms with van der Waals surface area (Å²) in [6, 6.07) is 208. The molecule has 0 aliphatic carbocycles. The van der Waals surface area contributed by atoms with Crippen LogP contribution in [0.5, 0.6) is 0 Å². The van der Waals surface area contributed by atoms with E-state index in [1.54, 1.807) is 0 Å². The van der Waals surface area contributed by atoms with Gasteiger partial charge in [0, 0.05) is 135 Å². The third-order valence-corrected chi connectivity index (χ3v) is 26.3. The predicted octanol–water partition coefficient (Wildman–Crippen LogP) is 37.1. The van der Waals surface area contributed by atoms with Crippen LogP contribution in [0.25, 0.3) is 99.5 Å². The second kappa shape index (κ2) is 39.0. The van der Waals surface area contributed by atoms with Crippen molar-refractivity contribution in [2.24, 2.45) is 0 Å². The summed E-state index contributed by atoms with van der Waals surface area (Å²) in [4.78, 5) is 13.9. The Balaban J connectivity index is 0.000000156. The number of aromatic nitrogens is 2. The maximum Gasteiger partial charge on any atom is 0.0541 e. The topological polar surface area (TPSA) is 29.3 Å². The van der Waals surface area contributed by atoms with E-state index >= 15 is 0 Å². The zero-order chi connectivity index (χ0) is 93.3. The first-order valence-corrected chi connectivity index (χ1v) is 47.7. The molecular weight excluding hydrogens is 1700 g/mol. The van der Waals surface area contributed by atoms with Crippen LogP contribution in [-0.2, 0) is 0 Å². The minimum Gasteiger partial charge on any atom is -0.311 e. The van der Waals surface area contributed by atoms with Crippen molar-refractivity contribution < 1.29 is 0 Å². The van der Waals surface area contributed by atoms with Crippen molar-refractivity contribution in [3.8, 4) is 55.9 Å². The Morgan fingerprint density at radius 2 is 0.236 bits per heavy atom. The van der Waals surface area contributed by atoms with Crippen LogP contribution in [0, 0.1) is 0 Å². The molecule has 0 N–H and O–H groups in total. The van der Waals surface area contributed by atoms with E-state index < -0.39 is 0 Å². The number of fused-ring (bicyclic) bond motifs is 6. The summed E-state index contributed by atoms with van der Waals surface area (Å²) < 4.78 is 4.73. The van der Waals surface area contributed by atoms with E-state index in [2.05, 4.69) is 621 Å². The zero-order valence-electron chi connectivity index (χ0n) is 77.0. The van der Waals surface area contributed by atoms with E-state index in [-0.39, 0.29) is 0 Å². The molecule has 0 bridgehead atoms. The third kappa shape index (κ3) is 17.4. The molecule has 8 nitrogen and oxygen atoms in total. The maximum atomic E-state index is 2.37. The van der Waals surface area contributed by atoms with Crippen LogP contribution >= 0.6 is 0 Å². The van der Waals surface area contributed by atoms with Crippen LogP contribution in [0.4, 0.5) is 102 Å². The van der Waals surface area contributed by atoms with E-state index in [4.69, 9.17) is 0 Å². The van der Waals surface area contributed by atoms with Gasteiger partial charge in [-0.25, -0.2) is 0 Å². The first-order chi connectivity index (χ1) is 69.5. The number of anilines is 18. The zero-order valence-corrected chi connectivity index (χ0v) is 77.0. The summed E-state index contributed by atoms with van der Waals surface area (Å²) >= 11 is 0. The molecule has 0 saturated carbocycles. The highest BCUT2D eigenvalue weighted by Gasteiger charge is 2.24. The molecule has 2 heterocycles. The monoisotopic (exact) mass is 1790 g/mol. The SMILES string of the molecule is c1ccc(N(c2ccc(-c3ccc(N(c4ccccc4)c4ccc(N(c5ccccc5)c5ccccc5)cc4)cc3)cc2)c2ccc(-c3ccc4c(c3)c3ccccc3n4-c3ccccc3)cc2)cc1.c1ccc(N(c2ccccc2)c2ccc(-c3ccc(N(c4ccc(-c5ccc6c(c5)c5ccccc5n6-c5ccccc5)cc4)c4ccc(N(c5ccccc5)c5ccccc5)cc4)cc3)cc2)cc1. The molecule has 0 aliphatic heterocycles. The van der Waals surface area contributed by atoms with Crippen molar-refractivity contribution in [3.63, 3.8) is 0 Å². The van der Waals surface area contributed by atoms with E-state index in [9.17, 15) is 0 Å². The Kier molecular flexibility index (Phi) is 23.8. The van der Waals surface area contributed by atoms with Crippen LogP contribution < -0.4 is 29.4 Å². The van der Waals surface area contributed by atoms with Crippen LogP contribution in [0.15, 0.2) is 582 Å².